The molecule has 2 aliphatic rings. The number of piperidine rings is 1. The van der Waals surface area contributed by atoms with Gasteiger partial charge in [0.2, 0.25) is 0 Å². The minimum atomic E-state index is 0.830. The molecule has 0 amide bonds. The van der Waals surface area contributed by atoms with Gasteiger partial charge in [0, 0.05) is 18.0 Å². The molecule has 114 valence electrons. The summed E-state index contributed by atoms with van der Waals surface area (Å²) in [6.07, 6.45) is 2.51. The van der Waals surface area contributed by atoms with Crippen LogP contribution in [0.3, 0.4) is 0 Å². The number of benzene rings is 1. The fraction of sp³-hybridized carbons (Fsp3) is 0.389. The molecule has 22 heavy (non-hydrogen) atoms. The third-order valence-electron chi connectivity index (χ3n) is 4.56. The predicted octanol–water partition coefficient (Wildman–Crippen LogP) is 4.92. The molecule has 1 N–H and O–H groups in total. The highest BCUT2D eigenvalue weighted by molar-refractivity contribution is 7.16. The van der Waals surface area contributed by atoms with Gasteiger partial charge in [0.1, 0.15) is 10.8 Å². The number of para-hydroxylation sites is 2. The van der Waals surface area contributed by atoms with E-state index in [9.17, 15) is 0 Å². The molecule has 0 radical (unpaired) electrons. The summed E-state index contributed by atoms with van der Waals surface area (Å²) in [6.45, 7) is 6.74. The highest BCUT2D eigenvalue weighted by Gasteiger charge is 2.25. The standard InChI is InChI=1S/C18H21N3S/c1-12-7-9-21(10-8-12)17-14-11-13(2)22-18(14)20-16-6-4-3-5-15(16)19-17/h3-6,11-12,20H,7-10H2,1-2H3. The van der Waals surface area contributed by atoms with Gasteiger partial charge < -0.3 is 10.2 Å². The van der Waals surface area contributed by atoms with Gasteiger partial charge in [-0.1, -0.05) is 19.1 Å². The molecule has 1 aromatic heterocycles. The fourth-order valence-electron chi connectivity index (χ4n) is 3.21. The Labute approximate surface area is 135 Å². The molecule has 1 aromatic carbocycles. The van der Waals surface area contributed by atoms with E-state index in [1.54, 1.807) is 0 Å². The molecule has 1 saturated heterocycles. The Balaban J connectivity index is 1.81. The van der Waals surface area contributed by atoms with E-state index in [1.807, 2.05) is 11.3 Å². The molecule has 3 nitrogen and oxygen atoms in total. The maximum Gasteiger partial charge on any atom is 0.139 e. The van der Waals surface area contributed by atoms with E-state index < -0.39 is 0 Å². The van der Waals surface area contributed by atoms with E-state index in [4.69, 9.17) is 4.99 Å². The van der Waals surface area contributed by atoms with Crippen molar-refractivity contribution >= 4 is 33.5 Å². The van der Waals surface area contributed by atoms with Crippen LogP contribution in [0.2, 0.25) is 0 Å². The Hall–Kier alpha value is -1.81. The summed E-state index contributed by atoms with van der Waals surface area (Å²) in [5, 5.41) is 4.80. The van der Waals surface area contributed by atoms with Crippen molar-refractivity contribution in [2.45, 2.75) is 26.7 Å². The number of nitrogens with zero attached hydrogens (tertiary/aromatic N) is 2. The van der Waals surface area contributed by atoms with Gasteiger partial charge in [-0.2, -0.15) is 0 Å². The third-order valence-corrected chi connectivity index (χ3v) is 5.52. The molecular formula is C18H21N3S. The van der Waals surface area contributed by atoms with Crippen LogP contribution in [0.15, 0.2) is 35.3 Å². The summed E-state index contributed by atoms with van der Waals surface area (Å²) in [6, 6.07) is 10.6. The van der Waals surface area contributed by atoms with Crippen LogP contribution < -0.4 is 5.32 Å². The normalized spacial score (nSPS) is 18.1. The number of aliphatic imine (C=N–C) groups is 1. The second-order valence-corrected chi connectivity index (χ2v) is 7.60. The van der Waals surface area contributed by atoms with Gasteiger partial charge >= 0.3 is 0 Å². The Kier molecular flexibility index (Phi) is 3.41. The van der Waals surface area contributed by atoms with Crippen molar-refractivity contribution in [2.75, 3.05) is 18.4 Å². The molecule has 2 aromatic rings. The van der Waals surface area contributed by atoms with Crippen LogP contribution in [-0.4, -0.2) is 23.8 Å². The first-order valence-electron chi connectivity index (χ1n) is 8.01. The highest BCUT2D eigenvalue weighted by atomic mass is 32.1. The van der Waals surface area contributed by atoms with E-state index in [0.29, 0.717) is 0 Å². The van der Waals surface area contributed by atoms with Crippen molar-refractivity contribution < 1.29 is 0 Å². The van der Waals surface area contributed by atoms with Crippen LogP contribution in [0.25, 0.3) is 0 Å². The van der Waals surface area contributed by atoms with E-state index in [0.717, 1.165) is 36.2 Å². The lowest BCUT2D eigenvalue weighted by atomic mass is 9.98. The fourth-order valence-corrected chi connectivity index (χ4v) is 4.13. The maximum atomic E-state index is 5.03. The Bertz CT molecular complexity index is 724. The largest absolute Gasteiger partial charge is 0.356 e. The van der Waals surface area contributed by atoms with E-state index in [1.165, 1.54) is 28.3 Å². The number of rotatable bonds is 0. The van der Waals surface area contributed by atoms with Gasteiger partial charge in [-0.05, 0) is 43.9 Å². The lowest BCUT2D eigenvalue weighted by molar-refractivity contribution is 0.281. The summed E-state index contributed by atoms with van der Waals surface area (Å²) < 4.78 is 0. The maximum absolute atomic E-state index is 5.03. The molecule has 0 spiro atoms. The quantitative estimate of drug-likeness (QED) is 0.747. The molecule has 3 heterocycles. The molecule has 0 atom stereocenters. The van der Waals surface area contributed by atoms with Crippen molar-refractivity contribution in [2.24, 2.45) is 10.9 Å². The average Bonchev–Trinajstić information content (AvgIpc) is 2.80. The molecule has 0 aliphatic carbocycles. The van der Waals surface area contributed by atoms with Crippen LogP contribution >= 0.6 is 11.3 Å². The number of nitrogens with one attached hydrogen (secondary N) is 1. The topological polar surface area (TPSA) is 27.6 Å². The number of fused-ring (bicyclic) bond motifs is 2. The zero-order valence-electron chi connectivity index (χ0n) is 13.1. The first-order valence-corrected chi connectivity index (χ1v) is 8.83. The van der Waals surface area contributed by atoms with Crippen LogP contribution in [0.5, 0.6) is 0 Å². The van der Waals surface area contributed by atoms with E-state index in [2.05, 4.69) is 54.4 Å². The summed E-state index contributed by atoms with van der Waals surface area (Å²) in [7, 11) is 0. The van der Waals surface area contributed by atoms with Gasteiger partial charge in [0.15, 0.2) is 0 Å². The van der Waals surface area contributed by atoms with Crippen molar-refractivity contribution in [3.05, 3.63) is 40.8 Å². The van der Waals surface area contributed by atoms with E-state index >= 15 is 0 Å². The predicted molar refractivity (Wildman–Crippen MR) is 94.9 cm³/mol. The highest BCUT2D eigenvalue weighted by Crippen LogP contribution is 2.39. The van der Waals surface area contributed by atoms with Crippen LogP contribution in [-0.2, 0) is 0 Å². The molecule has 1 fully saturated rings. The summed E-state index contributed by atoms with van der Waals surface area (Å²) in [5.41, 5.74) is 3.40. The van der Waals surface area contributed by atoms with Crippen molar-refractivity contribution in [1.29, 1.82) is 0 Å². The number of likely N-dealkylation sites (tertiary alicyclic amines) is 1. The number of amidine groups is 1. The molecule has 4 heteroatoms. The van der Waals surface area contributed by atoms with Gasteiger partial charge in [-0.3, -0.25) is 0 Å². The summed E-state index contributed by atoms with van der Waals surface area (Å²) in [5.74, 6) is 1.97. The average molecular weight is 311 g/mol. The number of thiophene rings is 1. The zero-order chi connectivity index (χ0) is 15.1. The SMILES string of the molecule is Cc1cc2c(s1)Nc1ccccc1N=C2N1CCC(C)CC1. The van der Waals surface area contributed by atoms with Crippen molar-refractivity contribution in [3.63, 3.8) is 0 Å². The molecule has 0 saturated carbocycles. The Morgan fingerprint density at radius 1 is 1.23 bits per heavy atom. The van der Waals surface area contributed by atoms with Gasteiger partial charge in [-0.15, -0.1) is 11.3 Å². The van der Waals surface area contributed by atoms with E-state index in [-0.39, 0.29) is 0 Å². The van der Waals surface area contributed by atoms with Crippen molar-refractivity contribution in [3.8, 4) is 0 Å². The first kappa shape index (κ1) is 13.8. The lowest BCUT2D eigenvalue weighted by Crippen LogP contribution is -2.38. The first-order chi connectivity index (χ1) is 10.7. The second kappa shape index (κ2) is 5.43. The number of hydrogen-bond donors (Lipinski definition) is 1. The lowest BCUT2D eigenvalue weighted by Gasteiger charge is -2.32. The van der Waals surface area contributed by atoms with Crippen LogP contribution in [0, 0.1) is 12.8 Å². The second-order valence-electron chi connectivity index (χ2n) is 6.35. The molecule has 0 unspecified atom stereocenters. The molecule has 2 aliphatic heterocycles. The van der Waals surface area contributed by atoms with Crippen LogP contribution in [0.4, 0.5) is 16.4 Å². The minimum absolute atomic E-state index is 0.830. The molecule has 0 bridgehead atoms. The van der Waals surface area contributed by atoms with Gasteiger partial charge in [-0.25, -0.2) is 4.99 Å². The van der Waals surface area contributed by atoms with Gasteiger partial charge in [0.25, 0.3) is 0 Å². The summed E-state index contributed by atoms with van der Waals surface area (Å²) >= 11 is 1.82. The zero-order valence-corrected chi connectivity index (χ0v) is 13.9. The van der Waals surface area contributed by atoms with Gasteiger partial charge in [0.05, 0.1) is 16.9 Å². The number of aryl methyl sites for hydroxylation is 1. The molecular weight excluding hydrogens is 290 g/mol. The van der Waals surface area contributed by atoms with Crippen LogP contribution in [0.1, 0.15) is 30.2 Å². The Morgan fingerprint density at radius 3 is 2.82 bits per heavy atom. The smallest absolute Gasteiger partial charge is 0.139 e. The number of hydrogen-bond acceptors (Lipinski definition) is 4. The monoisotopic (exact) mass is 311 g/mol. The van der Waals surface area contributed by atoms with Crippen molar-refractivity contribution in [1.82, 2.24) is 4.90 Å². The third kappa shape index (κ3) is 2.41. The number of anilines is 2. The minimum Gasteiger partial charge on any atom is -0.356 e. The molecule has 4 rings (SSSR count). The Morgan fingerprint density at radius 2 is 2.00 bits per heavy atom. The summed E-state index contributed by atoms with van der Waals surface area (Å²) in [4.78, 5) is 8.82.